The van der Waals surface area contributed by atoms with Crippen molar-refractivity contribution in [3.05, 3.63) is 29.6 Å². The topological polar surface area (TPSA) is 136 Å². The molecule has 0 unspecified atom stereocenters. The van der Waals surface area contributed by atoms with E-state index in [4.69, 9.17) is 9.63 Å². The third-order valence-electron chi connectivity index (χ3n) is 2.04. The van der Waals surface area contributed by atoms with Gasteiger partial charge in [0, 0.05) is 0 Å². The summed E-state index contributed by atoms with van der Waals surface area (Å²) in [4.78, 5) is 14.4. The van der Waals surface area contributed by atoms with Gasteiger partial charge in [-0.3, -0.25) is 0 Å². The van der Waals surface area contributed by atoms with Crippen LogP contribution in [-0.2, 0) is 16.6 Å². The molecule has 9 nitrogen and oxygen atoms in total. The average Bonchev–Trinajstić information content (AvgIpc) is 2.95. The van der Waals surface area contributed by atoms with Crippen LogP contribution < -0.4 is 4.72 Å². The van der Waals surface area contributed by atoms with Crippen LogP contribution in [0.25, 0.3) is 0 Å². The summed E-state index contributed by atoms with van der Waals surface area (Å²) in [6.45, 7) is 1.37. The van der Waals surface area contributed by atoms with Gasteiger partial charge in [-0.05, 0) is 19.1 Å². The molecule has 19 heavy (non-hydrogen) atoms. The third kappa shape index (κ3) is 2.98. The SMILES string of the molecule is Cc1noc(CNS(=O)(=O)c2ccc(C(=O)O)o2)n1. The molecule has 0 aromatic carbocycles. The molecule has 0 radical (unpaired) electrons. The number of nitrogens with zero attached hydrogens (tertiary/aromatic N) is 2. The molecule has 0 fully saturated rings. The minimum absolute atomic E-state index is 0.0890. The van der Waals surface area contributed by atoms with Crippen LogP contribution in [0.4, 0.5) is 0 Å². The highest BCUT2D eigenvalue weighted by Gasteiger charge is 2.21. The summed E-state index contributed by atoms with van der Waals surface area (Å²) in [6, 6.07) is 2.10. The first-order valence-electron chi connectivity index (χ1n) is 5.00. The maximum absolute atomic E-state index is 11.8. The average molecular weight is 287 g/mol. The van der Waals surface area contributed by atoms with Gasteiger partial charge in [-0.2, -0.15) is 9.71 Å². The molecule has 2 aromatic heterocycles. The summed E-state index contributed by atoms with van der Waals surface area (Å²) in [5, 5.41) is 11.6. The van der Waals surface area contributed by atoms with E-state index in [-0.39, 0.29) is 12.4 Å². The molecule has 0 aliphatic rings. The van der Waals surface area contributed by atoms with Crippen LogP contribution in [0, 0.1) is 6.92 Å². The van der Waals surface area contributed by atoms with E-state index in [0.717, 1.165) is 12.1 Å². The fourth-order valence-electron chi connectivity index (χ4n) is 1.22. The van der Waals surface area contributed by atoms with Gasteiger partial charge in [-0.25, -0.2) is 13.2 Å². The molecule has 2 aromatic rings. The Labute approximate surface area is 107 Å². The number of sulfonamides is 1. The quantitative estimate of drug-likeness (QED) is 0.793. The standard InChI is InChI=1S/C9H9N3O6S/c1-5-11-7(18-12-5)4-10-19(15,16)8-3-2-6(17-8)9(13)14/h2-3,10H,4H2,1H3,(H,13,14). The monoisotopic (exact) mass is 287 g/mol. The number of hydrogen-bond donors (Lipinski definition) is 2. The Balaban J connectivity index is 2.11. The van der Waals surface area contributed by atoms with Crippen molar-refractivity contribution in [1.82, 2.24) is 14.9 Å². The molecule has 0 amide bonds. The van der Waals surface area contributed by atoms with Crippen molar-refractivity contribution >= 4 is 16.0 Å². The van der Waals surface area contributed by atoms with Crippen LogP contribution in [0.15, 0.2) is 26.2 Å². The number of aryl methyl sites for hydroxylation is 1. The zero-order valence-corrected chi connectivity index (χ0v) is 10.5. The molecule has 102 valence electrons. The predicted molar refractivity (Wildman–Crippen MR) is 58.7 cm³/mol. The number of hydrogen-bond acceptors (Lipinski definition) is 7. The van der Waals surface area contributed by atoms with E-state index in [2.05, 4.69) is 19.3 Å². The number of furan rings is 1. The molecule has 0 saturated heterocycles. The molecule has 0 atom stereocenters. The van der Waals surface area contributed by atoms with E-state index in [1.807, 2.05) is 0 Å². The molecule has 2 rings (SSSR count). The van der Waals surface area contributed by atoms with Gasteiger partial charge >= 0.3 is 5.97 Å². The van der Waals surface area contributed by atoms with Crippen LogP contribution in [0.3, 0.4) is 0 Å². The molecule has 10 heteroatoms. The first-order chi connectivity index (χ1) is 8.88. The summed E-state index contributed by atoms with van der Waals surface area (Å²) in [7, 11) is -3.97. The Morgan fingerprint density at radius 1 is 1.47 bits per heavy atom. The summed E-state index contributed by atoms with van der Waals surface area (Å²) in [5.41, 5.74) is 0. The fraction of sp³-hybridized carbons (Fsp3) is 0.222. The molecule has 0 saturated carbocycles. The number of nitrogens with one attached hydrogen (secondary N) is 1. The van der Waals surface area contributed by atoms with Crippen molar-refractivity contribution in [3.63, 3.8) is 0 Å². The number of rotatable bonds is 5. The van der Waals surface area contributed by atoms with Gasteiger partial charge in [-0.15, -0.1) is 0 Å². The number of aromatic nitrogens is 2. The highest BCUT2D eigenvalue weighted by Crippen LogP contribution is 2.14. The van der Waals surface area contributed by atoms with Crippen LogP contribution in [0.1, 0.15) is 22.3 Å². The Kier molecular flexibility index (Phi) is 3.36. The van der Waals surface area contributed by atoms with E-state index >= 15 is 0 Å². The Bertz CT molecular complexity index is 701. The lowest BCUT2D eigenvalue weighted by atomic mass is 10.5. The van der Waals surface area contributed by atoms with Crippen LogP contribution in [0.2, 0.25) is 0 Å². The summed E-state index contributed by atoms with van der Waals surface area (Å²) in [6.07, 6.45) is 0. The normalized spacial score (nSPS) is 11.6. The predicted octanol–water partition coefficient (Wildman–Crippen LogP) is 0.148. The van der Waals surface area contributed by atoms with Crippen LogP contribution in [0.5, 0.6) is 0 Å². The van der Waals surface area contributed by atoms with E-state index in [1.165, 1.54) is 0 Å². The molecule has 0 bridgehead atoms. The molecule has 0 aliphatic carbocycles. The molecule has 2 N–H and O–H groups in total. The number of carboxylic acids is 1. The largest absolute Gasteiger partial charge is 0.475 e. The zero-order valence-electron chi connectivity index (χ0n) is 9.65. The maximum Gasteiger partial charge on any atom is 0.371 e. The lowest BCUT2D eigenvalue weighted by molar-refractivity contribution is 0.0656. The Morgan fingerprint density at radius 3 is 2.74 bits per heavy atom. The Morgan fingerprint density at radius 2 is 2.21 bits per heavy atom. The molecule has 0 spiro atoms. The maximum atomic E-state index is 11.8. The van der Waals surface area contributed by atoms with Gasteiger partial charge in [0.2, 0.25) is 16.7 Å². The van der Waals surface area contributed by atoms with Crippen molar-refractivity contribution in [3.8, 4) is 0 Å². The fourth-order valence-corrected chi connectivity index (χ4v) is 2.12. The number of carboxylic acid groups (broad SMARTS) is 1. The first kappa shape index (κ1) is 13.2. The summed E-state index contributed by atoms with van der Waals surface area (Å²) >= 11 is 0. The Hall–Kier alpha value is -2.20. The van der Waals surface area contributed by atoms with Gasteiger partial charge in [0.05, 0.1) is 6.54 Å². The molecule has 0 aliphatic heterocycles. The minimum atomic E-state index is -3.97. The van der Waals surface area contributed by atoms with Crippen molar-refractivity contribution in [2.45, 2.75) is 18.6 Å². The van der Waals surface area contributed by atoms with E-state index in [9.17, 15) is 13.2 Å². The minimum Gasteiger partial charge on any atom is -0.475 e. The number of carbonyl (C=O) groups is 1. The highest BCUT2D eigenvalue weighted by atomic mass is 32.2. The summed E-state index contributed by atoms with van der Waals surface area (Å²) < 4.78 is 35.1. The van der Waals surface area contributed by atoms with Gasteiger partial charge < -0.3 is 14.0 Å². The number of aromatic carboxylic acids is 1. The van der Waals surface area contributed by atoms with Crippen LogP contribution >= 0.6 is 0 Å². The van der Waals surface area contributed by atoms with Crippen molar-refractivity contribution in [1.29, 1.82) is 0 Å². The second kappa shape index (κ2) is 4.82. The van der Waals surface area contributed by atoms with Gasteiger partial charge in [0.25, 0.3) is 10.0 Å². The third-order valence-corrected chi connectivity index (χ3v) is 3.31. The van der Waals surface area contributed by atoms with Crippen molar-refractivity contribution in [2.75, 3.05) is 0 Å². The van der Waals surface area contributed by atoms with E-state index in [0.29, 0.717) is 5.82 Å². The van der Waals surface area contributed by atoms with Crippen molar-refractivity contribution < 1.29 is 27.3 Å². The summed E-state index contributed by atoms with van der Waals surface area (Å²) in [5.74, 6) is -1.35. The van der Waals surface area contributed by atoms with E-state index in [1.54, 1.807) is 6.92 Å². The molecular formula is C9H9N3O6S. The lowest BCUT2D eigenvalue weighted by Crippen LogP contribution is -2.23. The lowest BCUT2D eigenvalue weighted by Gasteiger charge is -2.00. The first-order valence-corrected chi connectivity index (χ1v) is 6.49. The van der Waals surface area contributed by atoms with Gasteiger partial charge in [0.1, 0.15) is 0 Å². The molecular weight excluding hydrogens is 278 g/mol. The molecule has 2 heterocycles. The van der Waals surface area contributed by atoms with Gasteiger partial charge in [0.15, 0.2) is 5.82 Å². The highest BCUT2D eigenvalue weighted by molar-refractivity contribution is 7.89. The van der Waals surface area contributed by atoms with E-state index < -0.39 is 26.8 Å². The second-order valence-electron chi connectivity index (χ2n) is 3.48. The second-order valence-corrected chi connectivity index (χ2v) is 5.18. The van der Waals surface area contributed by atoms with Crippen LogP contribution in [-0.4, -0.2) is 29.6 Å². The van der Waals surface area contributed by atoms with Crippen molar-refractivity contribution in [2.24, 2.45) is 0 Å². The smallest absolute Gasteiger partial charge is 0.371 e. The van der Waals surface area contributed by atoms with Gasteiger partial charge in [-0.1, -0.05) is 5.16 Å². The zero-order chi connectivity index (χ0) is 14.0.